The lowest BCUT2D eigenvalue weighted by atomic mass is 10.1. The molecule has 3 aromatic carbocycles. The standard InChI is InChI=1S/C27H33N2O5S/c1-4-33-24-12-8-9-13-25(24)34-17-16-29(20-22-10-6-5-7-11-22)21(2)18-23-14-15-26(32-3)27(19-23)35(28,30)31/h5-15,19-21H,4,16-18H2,1-3H3,(H2,28,30,31)/q+1/t21-/m1/s1. The maximum atomic E-state index is 12.0. The molecule has 0 bridgehead atoms. The van der Waals surface area contributed by atoms with Crippen molar-refractivity contribution in [2.75, 3.05) is 26.9 Å². The van der Waals surface area contributed by atoms with Crippen molar-refractivity contribution in [1.29, 1.82) is 0 Å². The minimum atomic E-state index is -3.90. The highest BCUT2D eigenvalue weighted by Crippen LogP contribution is 2.26. The van der Waals surface area contributed by atoms with E-state index in [1.165, 1.54) is 7.11 Å². The molecule has 7 nitrogen and oxygen atoms in total. The van der Waals surface area contributed by atoms with E-state index in [0.717, 1.165) is 16.9 Å². The van der Waals surface area contributed by atoms with Crippen LogP contribution in [0.4, 0.5) is 0 Å². The molecule has 0 saturated carbocycles. The van der Waals surface area contributed by atoms with Gasteiger partial charge in [-0.15, -0.1) is 0 Å². The number of sulfonamides is 1. The van der Waals surface area contributed by atoms with E-state index >= 15 is 0 Å². The number of hydrogen-bond acceptors (Lipinski definition) is 5. The quantitative estimate of drug-likeness (QED) is 0.303. The Morgan fingerprint density at radius 1 is 0.943 bits per heavy atom. The average Bonchev–Trinajstić information content (AvgIpc) is 2.84. The van der Waals surface area contributed by atoms with Crippen LogP contribution in [0.25, 0.3) is 0 Å². The summed E-state index contributed by atoms with van der Waals surface area (Å²) in [5, 5.41) is 5.40. The van der Waals surface area contributed by atoms with Crippen molar-refractivity contribution in [3.05, 3.63) is 83.9 Å². The second-order valence-corrected chi connectivity index (χ2v) is 9.62. The predicted octanol–water partition coefficient (Wildman–Crippen LogP) is 3.88. The number of para-hydroxylation sites is 2. The van der Waals surface area contributed by atoms with Crippen molar-refractivity contribution in [3.8, 4) is 17.2 Å². The first-order valence-corrected chi connectivity index (χ1v) is 13.1. The summed E-state index contributed by atoms with van der Waals surface area (Å²) in [6.45, 7) is 5.66. The summed E-state index contributed by atoms with van der Waals surface area (Å²) < 4.78 is 43.1. The molecule has 3 rings (SSSR count). The van der Waals surface area contributed by atoms with Crippen molar-refractivity contribution in [1.82, 2.24) is 0 Å². The summed E-state index contributed by atoms with van der Waals surface area (Å²) >= 11 is 0. The van der Waals surface area contributed by atoms with Gasteiger partial charge in [0.2, 0.25) is 10.0 Å². The van der Waals surface area contributed by atoms with Crippen LogP contribution >= 0.6 is 0 Å². The molecule has 0 aromatic heterocycles. The van der Waals surface area contributed by atoms with E-state index < -0.39 is 10.0 Å². The van der Waals surface area contributed by atoms with Gasteiger partial charge in [0, 0.05) is 12.0 Å². The van der Waals surface area contributed by atoms with Crippen molar-refractivity contribution in [2.24, 2.45) is 5.14 Å². The second kappa shape index (κ2) is 12.4. The zero-order valence-corrected chi connectivity index (χ0v) is 21.2. The van der Waals surface area contributed by atoms with Gasteiger partial charge in [-0.1, -0.05) is 36.4 Å². The molecule has 186 valence electrons. The Kier molecular flexibility index (Phi) is 9.28. The number of rotatable bonds is 12. The lowest BCUT2D eigenvalue weighted by Crippen LogP contribution is -2.31. The first-order valence-electron chi connectivity index (χ1n) is 11.5. The molecule has 0 fully saturated rings. The molecular weight excluding hydrogens is 464 g/mol. The molecule has 0 aliphatic rings. The van der Waals surface area contributed by atoms with Crippen LogP contribution in [0.15, 0.2) is 77.7 Å². The Balaban J connectivity index is 1.81. The highest BCUT2D eigenvalue weighted by atomic mass is 32.2. The lowest BCUT2D eigenvalue weighted by molar-refractivity contribution is -0.558. The van der Waals surface area contributed by atoms with E-state index in [2.05, 4.69) is 17.7 Å². The minimum absolute atomic E-state index is 0.0147. The van der Waals surface area contributed by atoms with Crippen LogP contribution < -0.4 is 19.3 Å². The van der Waals surface area contributed by atoms with Crippen LogP contribution in [-0.2, 0) is 16.4 Å². The number of nitrogens with zero attached hydrogens (tertiary/aromatic N) is 1. The predicted molar refractivity (Wildman–Crippen MR) is 137 cm³/mol. The third-order valence-electron chi connectivity index (χ3n) is 5.50. The van der Waals surface area contributed by atoms with Gasteiger partial charge in [-0.25, -0.2) is 18.1 Å². The molecule has 0 unspecified atom stereocenters. The summed E-state index contributed by atoms with van der Waals surface area (Å²) in [5.41, 5.74) is 1.91. The van der Waals surface area contributed by atoms with Gasteiger partial charge in [0.1, 0.15) is 17.3 Å². The summed E-state index contributed by atoms with van der Waals surface area (Å²) in [6, 6.07) is 22.8. The monoisotopic (exact) mass is 497 g/mol. The molecule has 0 amide bonds. The second-order valence-electron chi connectivity index (χ2n) is 8.09. The van der Waals surface area contributed by atoms with Gasteiger partial charge in [0.15, 0.2) is 30.3 Å². The number of hydrogen-bond donors (Lipinski definition) is 1. The highest BCUT2D eigenvalue weighted by molar-refractivity contribution is 7.89. The first-order chi connectivity index (χ1) is 16.8. The Bertz CT molecular complexity index is 1240. The molecule has 0 spiro atoms. The molecule has 0 saturated heterocycles. The number of primary sulfonamides is 1. The topological polar surface area (TPSA) is 90.9 Å². The smallest absolute Gasteiger partial charge is 0.241 e. The Labute approximate surface area is 207 Å². The van der Waals surface area contributed by atoms with E-state index in [-0.39, 0.29) is 16.7 Å². The molecule has 3 aromatic rings. The van der Waals surface area contributed by atoms with Crippen LogP contribution in [0.2, 0.25) is 0 Å². The Morgan fingerprint density at radius 3 is 2.23 bits per heavy atom. The summed E-state index contributed by atoms with van der Waals surface area (Å²) in [5.74, 6) is 1.66. The van der Waals surface area contributed by atoms with E-state index in [1.807, 2.05) is 67.6 Å². The highest BCUT2D eigenvalue weighted by Gasteiger charge is 2.20. The fourth-order valence-electron chi connectivity index (χ4n) is 3.78. The third kappa shape index (κ3) is 7.56. The average molecular weight is 498 g/mol. The molecule has 1 atom stereocenters. The fourth-order valence-corrected chi connectivity index (χ4v) is 4.52. The van der Waals surface area contributed by atoms with Gasteiger partial charge in [-0.05, 0) is 55.8 Å². The van der Waals surface area contributed by atoms with E-state index in [1.54, 1.807) is 12.1 Å². The van der Waals surface area contributed by atoms with Crippen LogP contribution in [0, 0.1) is 0 Å². The summed E-state index contributed by atoms with van der Waals surface area (Å²) in [4.78, 5) is -0.0147. The van der Waals surface area contributed by atoms with Crippen LogP contribution in [0.5, 0.6) is 17.2 Å². The SMILES string of the molecule is CCOc1ccccc1OCC[N+](=Cc1ccccc1)[C@H](C)Cc1ccc(OC)c(S(N)(=O)=O)c1. The van der Waals surface area contributed by atoms with E-state index in [9.17, 15) is 8.42 Å². The maximum Gasteiger partial charge on any atom is 0.241 e. The van der Waals surface area contributed by atoms with E-state index in [0.29, 0.717) is 31.9 Å². The molecule has 0 heterocycles. The van der Waals surface area contributed by atoms with Gasteiger partial charge < -0.3 is 14.2 Å². The van der Waals surface area contributed by atoms with Gasteiger partial charge in [-0.3, -0.25) is 0 Å². The molecule has 35 heavy (non-hydrogen) atoms. The summed E-state index contributed by atoms with van der Waals surface area (Å²) in [6.07, 6.45) is 2.69. The number of benzene rings is 3. The lowest BCUT2D eigenvalue weighted by Gasteiger charge is -2.15. The molecule has 0 aliphatic heterocycles. The number of nitrogens with two attached hydrogens (primary N) is 1. The fraction of sp³-hybridized carbons (Fsp3) is 0.296. The molecular formula is C27H33N2O5S+. The third-order valence-corrected chi connectivity index (χ3v) is 6.43. The van der Waals surface area contributed by atoms with Crippen molar-refractivity contribution < 1.29 is 27.2 Å². The van der Waals surface area contributed by atoms with Crippen LogP contribution in [0.1, 0.15) is 25.0 Å². The van der Waals surface area contributed by atoms with Crippen LogP contribution in [0.3, 0.4) is 0 Å². The Morgan fingerprint density at radius 2 is 1.60 bits per heavy atom. The van der Waals surface area contributed by atoms with Gasteiger partial charge in [0.25, 0.3) is 0 Å². The zero-order valence-electron chi connectivity index (χ0n) is 20.4. The van der Waals surface area contributed by atoms with Crippen molar-refractivity contribution in [3.63, 3.8) is 0 Å². The molecule has 0 aliphatic carbocycles. The number of methoxy groups -OCH3 is 1. The maximum absolute atomic E-state index is 12.0. The normalized spacial score (nSPS) is 12.7. The van der Waals surface area contributed by atoms with Crippen LogP contribution in [-0.4, -0.2) is 52.1 Å². The largest absolute Gasteiger partial charge is 0.495 e. The molecule has 8 heteroatoms. The van der Waals surface area contributed by atoms with Gasteiger partial charge >= 0.3 is 0 Å². The van der Waals surface area contributed by atoms with Gasteiger partial charge in [0.05, 0.1) is 13.7 Å². The molecule has 0 radical (unpaired) electrons. The van der Waals surface area contributed by atoms with Crippen molar-refractivity contribution in [2.45, 2.75) is 31.2 Å². The zero-order chi connectivity index (χ0) is 25.3. The minimum Gasteiger partial charge on any atom is -0.495 e. The first kappa shape index (κ1) is 26.2. The molecule has 2 N–H and O–H groups in total. The summed E-state index contributed by atoms with van der Waals surface area (Å²) in [7, 11) is -2.48. The Hall–Kier alpha value is -3.36. The van der Waals surface area contributed by atoms with Crippen molar-refractivity contribution >= 4 is 16.2 Å². The van der Waals surface area contributed by atoms with E-state index in [4.69, 9.17) is 19.3 Å². The van der Waals surface area contributed by atoms with Gasteiger partial charge in [-0.2, -0.15) is 0 Å². The number of ether oxygens (including phenoxy) is 3.